The van der Waals surface area contributed by atoms with Gasteiger partial charge in [0.05, 0.1) is 5.56 Å². The van der Waals surface area contributed by atoms with Gasteiger partial charge in [0.25, 0.3) is 5.91 Å². The van der Waals surface area contributed by atoms with Gasteiger partial charge >= 0.3 is 6.18 Å². The van der Waals surface area contributed by atoms with Crippen molar-refractivity contribution in [2.75, 3.05) is 13.3 Å². The first-order valence-electron chi connectivity index (χ1n) is 12.2. The molecule has 0 radical (unpaired) electrons. The number of carbonyl (C=O) groups excluding carboxylic acids is 1. The topological polar surface area (TPSA) is 79.9 Å². The second-order valence-corrected chi connectivity index (χ2v) is 15.7. The average molecular weight is 539 g/mol. The number of ether oxygens (including phenoxy) is 1. The fourth-order valence-corrected chi connectivity index (χ4v) is 4.66. The third-order valence-electron chi connectivity index (χ3n) is 5.92. The van der Waals surface area contributed by atoms with Crippen molar-refractivity contribution in [1.82, 2.24) is 20.5 Å². The lowest BCUT2D eigenvalue weighted by molar-refractivity contribution is -0.137. The van der Waals surface area contributed by atoms with Gasteiger partial charge < -0.3 is 10.1 Å². The molecule has 0 spiro atoms. The van der Waals surface area contributed by atoms with Crippen molar-refractivity contribution < 1.29 is 22.7 Å². The Morgan fingerprint density at radius 3 is 2.29 bits per heavy atom. The molecule has 6 nitrogen and oxygen atoms in total. The number of carbonyl (C=O) groups is 1. The molecule has 10 heteroatoms. The standard InChI is InChI=1S/C28H29F3N4O2Si/c1-38(2,3)16-15-37-18-32-27(36)26-33-25(34-35-26)20-10-8-9-19(17-20)21-11-4-5-12-22(21)23-13-6-7-14-24(23)28(29,30)31/h4-14,17H,15-16,18H2,1-3H3,(H,32,36)(H,33,34,35). The second-order valence-electron chi connectivity index (χ2n) is 10.0. The van der Waals surface area contributed by atoms with Crippen LogP contribution in [-0.2, 0) is 10.9 Å². The molecule has 4 rings (SSSR count). The van der Waals surface area contributed by atoms with Gasteiger partial charge in [-0.3, -0.25) is 9.89 Å². The van der Waals surface area contributed by atoms with Crippen LogP contribution in [0.3, 0.4) is 0 Å². The van der Waals surface area contributed by atoms with Crippen LogP contribution in [-0.4, -0.2) is 42.5 Å². The summed E-state index contributed by atoms with van der Waals surface area (Å²) < 4.78 is 46.7. The summed E-state index contributed by atoms with van der Waals surface area (Å²) in [6.07, 6.45) is -4.48. The van der Waals surface area contributed by atoms with E-state index < -0.39 is 25.7 Å². The minimum absolute atomic E-state index is 0.0290. The maximum Gasteiger partial charge on any atom is 0.417 e. The second kappa shape index (κ2) is 11.3. The zero-order valence-electron chi connectivity index (χ0n) is 21.4. The highest BCUT2D eigenvalue weighted by Crippen LogP contribution is 2.41. The Morgan fingerprint density at radius 1 is 0.921 bits per heavy atom. The summed E-state index contributed by atoms with van der Waals surface area (Å²) in [7, 11) is -1.21. The lowest BCUT2D eigenvalue weighted by Gasteiger charge is -2.16. The number of nitrogens with one attached hydrogen (secondary N) is 2. The third-order valence-corrected chi connectivity index (χ3v) is 7.62. The Kier molecular flexibility index (Phi) is 8.13. The van der Waals surface area contributed by atoms with Gasteiger partial charge in [-0.25, -0.2) is 4.98 Å². The zero-order chi connectivity index (χ0) is 27.3. The van der Waals surface area contributed by atoms with Crippen LogP contribution in [0.4, 0.5) is 13.2 Å². The number of amides is 1. The highest BCUT2D eigenvalue weighted by molar-refractivity contribution is 6.76. The Labute approximate surface area is 220 Å². The molecule has 0 fully saturated rings. The van der Waals surface area contributed by atoms with Gasteiger partial charge in [0, 0.05) is 20.2 Å². The third kappa shape index (κ3) is 6.76. The maximum absolute atomic E-state index is 13.7. The molecule has 1 heterocycles. The monoisotopic (exact) mass is 538 g/mol. The van der Waals surface area contributed by atoms with Crippen LogP contribution in [0.15, 0.2) is 72.8 Å². The summed E-state index contributed by atoms with van der Waals surface area (Å²) in [5.41, 5.74) is 1.85. The number of rotatable bonds is 9. The highest BCUT2D eigenvalue weighted by Gasteiger charge is 2.33. The molecule has 2 N–H and O–H groups in total. The quantitative estimate of drug-likeness (QED) is 0.139. The molecule has 1 aromatic heterocycles. The van der Waals surface area contributed by atoms with E-state index in [0.29, 0.717) is 34.7 Å². The predicted octanol–water partition coefficient (Wildman–Crippen LogP) is 6.87. The van der Waals surface area contributed by atoms with Crippen molar-refractivity contribution in [1.29, 1.82) is 0 Å². The SMILES string of the molecule is C[Si](C)(C)CCOCNC(=O)c1n[nH]c(-c2cccc(-c3ccccc3-c3ccccc3C(F)(F)F)c2)n1. The Hall–Kier alpha value is -3.76. The van der Waals surface area contributed by atoms with Gasteiger partial charge in [0.2, 0.25) is 5.82 Å². The summed E-state index contributed by atoms with van der Waals surface area (Å²) >= 11 is 0. The molecule has 0 atom stereocenters. The van der Waals surface area contributed by atoms with Gasteiger partial charge in [-0.05, 0) is 40.4 Å². The largest absolute Gasteiger partial charge is 0.417 e. The maximum atomic E-state index is 13.7. The van der Waals surface area contributed by atoms with E-state index in [1.54, 1.807) is 48.5 Å². The first-order chi connectivity index (χ1) is 18.0. The van der Waals surface area contributed by atoms with Crippen LogP contribution in [0, 0.1) is 0 Å². The van der Waals surface area contributed by atoms with Gasteiger partial charge in [-0.15, -0.1) is 5.10 Å². The summed E-state index contributed by atoms with van der Waals surface area (Å²) in [5.74, 6) is -0.130. The van der Waals surface area contributed by atoms with E-state index in [9.17, 15) is 18.0 Å². The average Bonchev–Trinajstić information content (AvgIpc) is 3.38. The van der Waals surface area contributed by atoms with Crippen LogP contribution in [0.5, 0.6) is 0 Å². The molecule has 0 bridgehead atoms. The molecule has 38 heavy (non-hydrogen) atoms. The number of hydrogen-bond donors (Lipinski definition) is 2. The fourth-order valence-electron chi connectivity index (χ4n) is 3.91. The van der Waals surface area contributed by atoms with Crippen molar-refractivity contribution in [2.45, 2.75) is 31.9 Å². The number of hydrogen-bond acceptors (Lipinski definition) is 4. The van der Waals surface area contributed by atoms with Crippen LogP contribution in [0.1, 0.15) is 16.2 Å². The predicted molar refractivity (Wildman–Crippen MR) is 144 cm³/mol. The summed E-state index contributed by atoms with van der Waals surface area (Å²) in [6, 6.07) is 20.7. The van der Waals surface area contributed by atoms with Crippen LogP contribution >= 0.6 is 0 Å². The number of nitrogens with zero attached hydrogens (tertiary/aromatic N) is 2. The van der Waals surface area contributed by atoms with E-state index in [-0.39, 0.29) is 18.1 Å². The number of halogens is 3. The molecule has 1 amide bonds. The molecular weight excluding hydrogens is 509 g/mol. The molecule has 3 aromatic carbocycles. The smallest absolute Gasteiger partial charge is 0.362 e. The molecule has 198 valence electrons. The van der Waals surface area contributed by atoms with Crippen LogP contribution in [0.25, 0.3) is 33.6 Å². The minimum atomic E-state index is -4.48. The Balaban J connectivity index is 1.55. The number of aromatic amines is 1. The van der Waals surface area contributed by atoms with Crippen molar-refractivity contribution in [3.8, 4) is 33.6 Å². The Bertz CT molecular complexity index is 1410. The number of alkyl halides is 3. The van der Waals surface area contributed by atoms with Gasteiger partial charge in [-0.1, -0.05) is 80.3 Å². The summed E-state index contributed by atoms with van der Waals surface area (Å²) in [6.45, 7) is 7.40. The summed E-state index contributed by atoms with van der Waals surface area (Å²) in [4.78, 5) is 16.7. The molecule has 0 unspecified atom stereocenters. The molecule has 0 aliphatic carbocycles. The Morgan fingerprint density at radius 2 is 1.58 bits per heavy atom. The van der Waals surface area contributed by atoms with E-state index in [1.807, 2.05) is 6.07 Å². The van der Waals surface area contributed by atoms with Crippen LogP contribution < -0.4 is 5.32 Å². The normalized spacial score (nSPS) is 11.9. The molecule has 0 saturated carbocycles. The number of H-pyrrole nitrogens is 1. The van der Waals surface area contributed by atoms with Crippen molar-refractivity contribution in [2.24, 2.45) is 0 Å². The minimum Gasteiger partial charge on any atom is -0.362 e. The first-order valence-corrected chi connectivity index (χ1v) is 15.9. The lowest BCUT2D eigenvalue weighted by Crippen LogP contribution is -2.29. The molecule has 0 aliphatic heterocycles. The van der Waals surface area contributed by atoms with E-state index in [1.165, 1.54) is 12.1 Å². The molecule has 4 aromatic rings. The van der Waals surface area contributed by atoms with Crippen molar-refractivity contribution in [3.63, 3.8) is 0 Å². The van der Waals surface area contributed by atoms with Gasteiger partial charge in [-0.2, -0.15) is 13.2 Å². The fraction of sp³-hybridized carbons (Fsp3) is 0.250. The first kappa shape index (κ1) is 27.3. The zero-order valence-corrected chi connectivity index (χ0v) is 22.4. The molecular formula is C28H29F3N4O2Si. The van der Waals surface area contributed by atoms with Crippen molar-refractivity contribution >= 4 is 14.0 Å². The van der Waals surface area contributed by atoms with Crippen LogP contribution in [0.2, 0.25) is 25.7 Å². The van der Waals surface area contributed by atoms with E-state index in [4.69, 9.17) is 4.74 Å². The molecule has 0 aliphatic rings. The van der Waals surface area contributed by atoms with E-state index >= 15 is 0 Å². The lowest BCUT2D eigenvalue weighted by atomic mass is 9.91. The van der Waals surface area contributed by atoms with Gasteiger partial charge in [0.15, 0.2) is 5.82 Å². The van der Waals surface area contributed by atoms with E-state index in [2.05, 4.69) is 40.1 Å². The number of aromatic nitrogens is 3. The van der Waals surface area contributed by atoms with Gasteiger partial charge in [0.1, 0.15) is 6.73 Å². The van der Waals surface area contributed by atoms with Crippen molar-refractivity contribution in [3.05, 3.63) is 84.2 Å². The molecule has 0 saturated heterocycles. The highest BCUT2D eigenvalue weighted by atomic mass is 28.3. The number of benzene rings is 3. The summed E-state index contributed by atoms with van der Waals surface area (Å²) in [5, 5.41) is 9.44. The van der Waals surface area contributed by atoms with E-state index in [0.717, 1.165) is 12.1 Å².